The monoisotopic (exact) mass is 436 g/mol. The highest BCUT2D eigenvalue weighted by Gasteiger charge is 2.20. The maximum atomic E-state index is 13.2. The van der Waals surface area contributed by atoms with Gasteiger partial charge >= 0.3 is 0 Å². The molecule has 0 saturated carbocycles. The standard InChI is InChI=1S/C24H16N6OS/c1-14-27-17-9-4-2-7-15(17)21-20(16-8-3-5-10-19(16)30(14)21)29-23(31)18-13-32-24(28-18)22-25-11-6-12-26-22/h2-13H,1H3,(H,29,31). The van der Waals surface area contributed by atoms with Crippen LogP contribution in [-0.4, -0.2) is 30.2 Å². The van der Waals surface area contributed by atoms with Gasteiger partial charge in [0.25, 0.3) is 5.91 Å². The zero-order chi connectivity index (χ0) is 21.7. The van der Waals surface area contributed by atoms with E-state index in [1.165, 1.54) is 11.3 Å². The molecule has 0 aliphatic heterocycles. The van der Waals surface area contributed by atoms with E-state index in [-0.39, 0.29) is 5.91 Å². The Morgan fingerprint density at radius 2 is 1.69 bits per heavy atom. The number of hydrogen-bond donors (Lipinski definition) is 1. The number of rotatable bonds is 3. The topological polar surface area (TPSA) is 85.1 Å². The lowest BCUT2D eigenvalue weighted by atomic mass is 10.1. The fraction of sp³-hybridized carbons (Fsp3) is 0.0417. The lowest BCUT2D eigenvalue weighted by Gasteiger charge is -2.08. The molecule has 2 aromatic carbocycles. The van der Waals surface area contributed by atoms with E-state index < -0.39 is 0 Å². The number of carbonyl (C=O) groups excluding carboxylic acids is 1. The van der Waals surface area contributed by atoms with Crippen LogP contribution in [0.4, 0.5) is 5.69 Å². The molecule has 7 nitrogen and oxygen atoms in total. The Bertz CT molecular complexity index is 1640. The van der Waals surface area contributed by atoms with Gasteiger partial charge in [-0.1, -0.05) is 36.4 Å². The molecule has 4 aromatic heterocycles. The van der Waals surface area contributed by atoms with Crippen LogP contribution in [0.5, 0.6) is 0 Å². The van der Waals surface area contributed by atoms with Crippen molar-refractivity contribution < 1.29 is 4.79 Å². The second-order valence-electron chi connectivity index (χ2n) is 7.32. The molecular weight excluding hydrogens is 420 g/mol. The summed E-state index contributed by atoms with van der Waals surface area (Å²) in [5.74, 6) is 1.08. The molecule has 6 rings (SSSR count). The summed E-state index contributed by atoms with van der Waals surface area (Å²) in [6.45, 7) is 1.98. The first-order valence-corrected chi connectivity index (χ1v) is 10.9. The number of aromatic nitrogens is 5. The second-order valence-corrected chi connectivity index (χ2v) is 8.17. The van der Waals surface area contributed by atoms with E-state index in [2.05, 4.69) is 24.7 Å². The zero-order valence-electron chi connectivity index (χ0n) is 17.0. The van der Waals surface area contributed by atoms with Crippen molar-refractivity contribution in [2.75, 3.05) is 5.32 Å². The van der Waals surface area contributed by atoms with Crippen LogP contribution in [0.2, 0.25) is 0 Å². The van der Waals surface area contributed by atoms with Crippen molar-refractivity contribution in [3.63, 3.8) is 0 Å². The predicted molar refractivity (Wildman–Crippen MR) is 126 cm³/mol. The summed E-state index contributed by atoms with van der Waals surface area (Å²) in [6.07, 6.45) is 3.31. The van der Waals surface area contributed by atoms with Gasteiger partial charge in [-0.25, -0.2) is 19.9 Å². The van der Waals surface area contributed by atoms with E-state index in [9.17, 15) is 4.79 Å². The SMILES string of the molecule is Cc1nc2ccccc2c2c(NC(=O)c3csc(-c4ncccn4)n3)c3ccccc3n12. The summed E-state index contributed by atoms with van der Waals surface area (Å²) in [4.78, 5) is 30.9. The highest BCUT2D eigenvalue weighted by Crippen LogP contribution is 2.36. The van der Waals surface area contributed by atoms with Crippen LogP contribution < -0.4 is 5.32 Å². The van der Waals surface area contributed by atoms with Gasteiger partial charge in [0.15, 0.2) is 10.8 Å². The molecule has 0 spiro atoms. The molecule has 32 heavy (non-hydrogen) atoms. The van der Waals surface area contributed by atoms with E-state index >= 15 is 0 Å². The predicted octanol–water partition coefficient (Wildman–Crippen LogP) is 5.11. The summed E-state index contributed by atoms with van der Waals surface area (Å²) in [5.41, 5.74) is 3.87. The minimum absolute atomic E-state index is 0.278. The number of benzene rings is 2. The molecule has 0 radical (unpaired) electrons. The van der Waals surface area contributed by atoms with Gasteiger partial charge in [-0.3, -0.25) is 9.20 Å². The molecule has 8 heteroatoms. The number of hydrogen-bond acceptors (Lipinski definition) is 6. The van der Waals surface area contributed by atoms with Gasteiger partial charge in [-0.05, 0) is 25.1 Å². The van der Waals surface area contributed by atoms with Gasteiger partial charge in [0, 0.05) is 28.5 Å². The average molecular weight is 437 g/mol. The summed E-state index contributed by atoms with van der Waals surface area (Å²) in [5, 5.41) is 7.38. The number of fused-ring (bicyclic) bond motifs is 5. The largest absolute Gasteiger partial charge is 0.318 e. The minimum atomic E-state index is -0.278. The maximum absolute atomic E-state index is 13.2. The van der Waals surface area contributed by atoms with Crippen LogP contribution in [0.3, 0.4) is 0 Å². The van der Waals surface area contributed by atoms with Crippen LogP contribution in [0.25, 0.3) is 38.2 Å². The van der Waals surface area contributed by atoms with Crippen molar-refractivity contribution in [1.29, 1.82) is 0 Å². The Morgan fingerprint density at radius 3 is 2.53 bits per heavy atom. The number of para-hydroxylation sites is 2. The van der Waals surface area contributed by atoms with Gasteiger partial charge in [-0.15, -0.1) is 11.3 Å². The maximum Gasteiger partial charge on any atom is 0.275 e. The van der Waals surface area contributed by atoms with Gasteiger partial charge in [0.2, 0.25) is 0 Å². The molecule has 0 aliphatic carbocycles. The molecule has 154 valence electrons. The van der Waals surface area contributed by atoms with Crippen LogP contribution in [0, 0.1) is 6.92 Å². The smallest absolute Gasteiger partial charge is 0.275 e. The molecule has 0 saturated heterocycles. The summed E-state index contributed by atoms with van der Waals surface area (Å²) in [7, 11) is 0. The molecule has 4 heterocycles. The van der Waals surface area contributed by atoms with Gasteiger partial charge in [0.05, 0.1) is 22.2 Å². The fourth-order valence-corrected chi connectivity index (χ4v) is 4.77. The first kappa shape index (κ1) is 18.6. The number of nitrogens with zero attached hydrogens (tertiary/aromatic N) is 5. The van der Waals surface area contributed by atoms with E-state index in [1.807, 2.05) is 55.5 Å². The fourth-order valence-electron chi connectivity index (χ4n) is 4.02. The van der Waals surface area contributed by atoms with Crippen molar-refractivity contribution in [3.05, 3.63) is 83.9 Å². The number of aryl methyl sites for hydroxylation is 1. The van der Waals surface area contributed by atoms with Crippen molar-refractivity contribution >= 4 is 50.3 Å². The highest BCUT2D eigenvalue weighted by molar-refractivity contribution is 7.13. The first-order valence-electron chi connectivity index (χ1n) is 10.0. The lowest BCUT2D eigenvalue weighted by molar-refractivity contribution is 0.102. The molecular formula is C24H16N6OS. The number of carbonyl (C=O) groups is 1. The molecule has 0 atom stereocenters. The molecule has 0 aliphatic rings. The first-order chi connectivity index (χ1) is 15.7. The van der Waals surface area contributed by atoms with Crippen molar-refractivity contribution in [1.82, 2.24) is 24.3 Å². The number of anilines is 1. The third-order valence-electron chi connectivity index (χ3n) is 5.37. The van der Waals surface area contributed by atoms with Crippen molar-refractivity contribution in [3.8, 4) is 10.8 Å². The van der Waals surface area contributed by atoms with E-state index in [1.54, 1.807) is 23.8 Å². The van der Waals surface area contributed by atoms with E-state index in [0.717, 1.165) is 38.8 Å². The van der Waals surface area contributed by atoms with Gasteiger partial charge in [0.1, 0.15) is 11.5 Å². The number of amides is 1. The number of nitrogens with one attached hydrogen (secondary N) is 1. The summed E-state index contributed by atoms with van der Waals surface area (Å²) < 4.78 is 2.09. The normalized spacial score (nSPS) is 11.4. The Labute approximate surface area is 186 Å². The number of thiazole rings is 1. The Morgan fingerprint density at radius 1 is 0.938 bits per heavy atom. The minimum Gasteiger partial charge on any atom is -0.318 e. The van der Waals surface area contributed by atoms with Crippen molar-refractivity contribution in [2.24, 2.45) is 0 Å². The zero-order valence-corrected chi connectivity index (χ0v) is 17.8. The highest BCUT2D eigenvalue weighted by atomic mass is 32.1. The summed E-state index contributed by atoms with van der Waals surface area (Å²) >= 11 is 1.34. The van der Waals surface area contributed by atoms with Gasteiger partial charge in [-0.2, -0.15) is 0 Å². The van der Waals surface area contributed by atoms with E-state index in [4.69, 9.17) is 4.98 Å². The van der Waals surface area contributed by atoms with Gasteiger partial charge < -0.3 is 5.32 Å². The Kier molecular flexibility index (Phi) is 4.19. The van der Waals surface area contributed by atoms with Crippen molar-refractivity contribution in [2.45, 2.75) is 6.92 Å². The molecule has 0 fully saturated rings. The molecule has 1 N–H and O–H groups in total. The Hall–Kier alpha value is -4.17. The lowest BCUT2D eigenvalue weighted by Crippen LogP contribution is -2.12. The third-order valence-corrected chi connectivity index (χ3v) is 6.21. The molecule has 0 bridgehead atoms. The summed E-state index contributed by atoms with van der Waals surface area (Å²) in [6, 6.07) is 17.7. The van der Waals surface area contributed by atoms with E-state index in [0.29, 0.717) is 16.5 Å². The quantitative estimate of drug-likeness (QED) is 0.416. The molecule has 6 aromatic rings. The third kappa shape index (κ3) is 2.84. The average Bonchev–Trinajstić information content (AvgIpc) is 3.44. The van der Waals surface area contributed by atoms with Crippen LogP contribution >= 0.6 is 11.3 Å². The molecule has 0 unspecified atom stereocenters. The Balaban J connectivity index is 1.52. The van der Waals surface area contributed by atoms with Crippen LogP contribution in [0.1, 0.15) is 16.3 Å². The second kappa shape index (κ2) is 7.21. The van der Waals surface area contributed by atoms with Crippen LogP contribution in [0.15, 0.2) is 72.4 Å². The molecule has 1 amide bonds. The van der Waals surface area contributed by atoms with Crippen LogP contribution in [-0.2, 0) is 0 Å².